The molecule has 1 aromatic carbocycles. The monoisotopic (exact) mass is 263 g/mol. The van der Waals surface area contributed by atoms with Gasteiger partial charge in [-0.05, 0) is 12.1 Å². The molecule has 4 heteroatoms. The second-order valence-electron chi connectivity index (χ2n) is 3.94. The van der Waals surface area contributed by atoms with Crippen LogP contribution in [0.5, 0.6) is 5.75 Å². The van der Waals surface area contributed by atoms with Gasteiger partial charge in [0.1, 0.15) is 5.75 Å². The second-order valence-corrected chi connectivity index (χ2v) is 3.94. The summed E-state index contributed by atoms with van der Waals surface area (Å²) in [6.07, 6.45) is 0. The molecular weight excluding hydrogens is 250 g/mol. The molecule has 0 aliphatic rings. The third-order valence-electron chi connectivity index (χ3n) is 2.33. The fourth-order valence-electron chi connectivity index (χ4n) is 1.65. The molecule has 0 spiro atoms. The first-order valence-corrected chi connectivity index (χ1v) is 5.43. The number of esters is 1. The number of benzene rings is 1. The molecule has 18 heavy (non-hydrogen) atoms. The number of hydrogen-bond acceptors (Lipinski definition) is 2. The van der Waals surface area contributed by atoms with Crippen molar-refractivity contribution >= 4 is 5.97 Å². The number of ether oxygens (including phenoxy) is 1. The van der Waals surface area contributed by atoms with Crippen molar-refractivity contribution in [3.05, 3.63) is 59.4 Å². The number of halogens is 1. The molecule has 0 aliphatic heterocycles. The smallest absolute Gasteiger partial charge is 0.343 e. The highest BCUT2D eigenvalue weighted by molar-refractivity contribution is 5.90. The summed E-state index contributed by atoms with van der Waals surface area (Å²) in [5, 5.41) is 0. The van der Waals surface area contributed by atoms with Crippen LogP contribution in [0.15, 0.2) is 42.5 Å². The summed E-state index contributed by atoms with van der Waals surface area (Å²) >= 11 is 0. The molecule has 0 atom stereocenters. The molecule has 0 saturated carbocycles. The van der Waals surface area contributed by atoms with Crippen molar-refractivity contribution in [3.63, 3.8) is 0 Å². The zero-order valence-corrected chi connectivity index (χ0v) is 11.0. The molecule has 0 bridgehead atoms. The largest absolute Gasteiger partial charge is 1.00 e. The Morgan fingerprint density at radius 3 is 2.17 bits per heavy atom. The van der Waals surface area contributed by atoms with Crippen LogP contribution < -0.4 is 22.1 Å². The minimum Gasteiger partial charge on any atom is -1.00 e. The van der Waals surface area contributed by atoms with Crippen molar-refractivity contribution < 1.29 is 26.9 Å². The average Bonchev–Trinajstić information content (AvgIpc) is 2.28. The van der Waals surface area contributed by atoms with Gasteiger partial charge in [-0.1, -0.05) is 18.2 Å². The molecule has 1 N–H and O–H groups in total. The van der Waals surface area contributed by atoms with Gasteiger partial charge in [-0.2, -0.15) is 0 Å². The van der Waals surface area contributed by atoms with Crippen molar-refractivity contribution in [3.8, 4) is 5.75 Å². The number of hydrogen-bond donors (Lipinski definition) is 0. The van der Waals surface area contributed by atoms with Crippen LogP contribution in [0.1, 0.15) is 21.7 Å². The SMILES string of the molecule is Cc1cc(OC(=O)c2ccccc2)cc(C)[nH+]1.[Cl-]. The predicted molar refractivity (Wildman–Crippen MR) is 63.9 cm³/mol. The first kappa shape index (κ1) is 14.2. The fourth-order valence-corrected chi connectivity index (χ4v) is 1.65. The average molecular weight is 264 g/mol. The minimum absolute atomic E-state index is 0. The maximum absolute atomic E-state index is 11.8. The molecule has 2 aromatic rings. The summed E-state index contributed by atoms with van der Waals surface area (Å²) in [4.78, 5) is 14.9. The number of carbonyl (C=O) groups is 1. The Morgan fingerprint density at radius 1 is 1.06 bits per heavy atom. The summed E-state index contributed by atoms with van der Waals surface area (Å²) in [5.74, 6) is 0.225. The third-order valence-corrected chi connectivity index (χ3v) is 2.33. The highest BCUT2D eigenvalue weighted by atomic mass is 35.5. The maximum atomic E-state index is 11.8. The zero-order valence-electron chi connectivity index (χ0n) is 10.2. The van der Waals surface area contributed by atoms with Gasteiger partial charge < -0.3 is 17.1 Å². The fraction of sp³-hybridized carbons (Fsp3) is 0.143. The number of aryl methyl sites for hydroxylation is 2. The van der Waals surface area contributed by atoms with Crippen LogP contribution in [0.2, 0.25) is 0 Å². The number of carbonyl (C=O) groups excluding carboxylic acids is 1. The number of aromatic nitrogens is 1. The van der Waals surface area contributed by atoms with Gasteiger partial charge in [0.15, 0.2) is 11.4 Å². The van der Waals surface area contributed by atoms with Crippen LogP contribution in [0.4, 0.5) is 0 Å². The normalized spacial score (nSPS) is 9.44. The molecule has 94 valence electrons. The standard InChI is InChI=1S/C14H13NO2.ClH/c1-10-8-13(9-11(2)15-10)17-14(16)12-6-4-3-5-7-12;/h3-9H,1-2H3;1H. The number of aromatic amines is 1. The maximum Gasteiger partial charge on any atom is 0.343 e. The van der Waals surface area contributed by atoms with Crippen LogP contribution in [0.25, 0.3) is 0 Å². The quantitative estimate of drug-likeness (QED) is 0.675. The lowest BCUT2D eigenvalue weighted by Gasteiger charge is -2.03. The van der Waals surface area contributed by atoms with E-state index < -0.39 is 0 Å². The van der Waals surface area contributed by atoms with E-state index in [9.17, 15) is 4.79 Å². The summed E-state index contributed by atoms with van der Waals surface area (Å²) in [5.41, 5.74) is 2.47. The molecule has 2 rings (SSSR count). The van der Waals surface area contributed by atoms with Gasteiger partial charge in [-0.15, -0.1) is 0 Å². The van der Waals surface area contributed by atoms with E-state index in [-0.39, 0.29) is 18.4 Å². The van der Waals surface area contributed by atoms with Crippen LogP contribution in [-0.4, -0.2) is 5.97 Å². The molecule has 0 fully saturated rings. The molecule has 0 saturated heterocycles. The summed E-state index contributed by atoms with van der Waals surface area (Å²) in [7, 11) is 0. The third kappa shape index (κ3) is 3.57. The van der Waals surface area contributed by atoms with Crippen molar-refractivity contribution in [2.45, 2.75) is 13.8 Å². The molecule has 0 amide bonds. The van der Waals surface area contributed by atoms with E-state index in [0.717, 1.165) is 11.4 Å². The lowest BCUT2D eigenvalue weighted by atomic mass is 10.2. The summed E-state index contributed by atoms with van der Waals surface area (Å²) in [6.45, 7) is 3.85. The second kappa shape index (κ2) is 6.17. The van der Waals surface area contributed by atoms with Crippen LogP contribution in [-0.2, 0) is 0 Å². The first-order valence-electron chi connectivity index (χ1n) is 5.43. The molecule has 0 unspecified atom stereocenters. The van der Waals surface area contributed by atoms with Gasteiger partial charge in [0.25, 0.3) is 0 Å². The Hall–Kier alpha value is -1.87. The van der Waals surface area contributed by atoms with Crippen molar-refractivity contribution in [2.24, 2.45) is 0 Å². The highest BCUT2D eigenvalue weighted by Gasteiger charge is 2.10. The van der Waals surface area contributed by atoms with Gasteiger partial charge in [0.2, 0.25) is 0 Å². The Morgan fingerprint density at radius 2 is 1.61 bits per heavy atom. The van der Waals surface area contributed by atoms with Gasteiger partial charge in [0, 0.05) is 26.0 Å². The molecule has 3 nitrogen and oxygen atoms in total. The Balaban J connectivity index is 0.00000162. The minimum atomic E-state index is -0.337. The first-order chi connectivity index (χ1) is 8.15. The number of rotatable bonds is 2. The van der Waals surface area contributed by atoms with E-state index in [4.69, 9.17) is 4.74 Å². The van der Waals surface area contributed by atoms with Gasteiger partial charge >= 0.3 is 5.97 Å². The van der Waals surface area contributed by atoms with Crippen LogP contribution >= 0.6 is 0 Å². The van der Waals surface area contributed by atoms with Crippen molar-refractivity contribution in [2.75, 3.05) is 0 Å². The van der Waals surface area contributed by atoms with Crippen LogP contribution in [0.3, 0.4) is 0 Å². The molecule has 0 radical (unpaired) electrons. The topological polar surface area (TPSA) is 40.4 Å². The van der Waals surface area contributed by atoms with Gasteiger partial charge in [-0.25, -0.2) is 9.78 Å². The predicted octanol–water partition coefficient (Wildman–Crippen LogP) is -0.659. The van der Waals surface area contributed by atoms with Crippen molar-refractivity contribution in [1.29, 1.82) is 0 Å². The van der Waals surface area contributed by atoms with Crippen LogP contribution in [0, 0.1) is 13.8 Å². The molecule has 1 aromatic heterocycles. The summed E-state index contributed by atoms with van der Waals surface area (Å²) < 4.78 is 5.30. The highest BCUT2D eigenvalue weighted by Crippen LogP contribution is 2.13. The zero-order chi connectivity index (χ0) is 12.3. The van der Waals surface area contributed by atoms with Gasteiger partial charge in [0.05, 0.1) is 5.56 Å². The molecular formula is C14H14ClNO2. The van der Waals surface area contributed by atoms with Crippen molar-refractivity contribution in [1.82, 2.24) is 0 Å². The Labute approximate surface area is 112 Å². The van der Waals surface area contributed by atoms with E-state index in [1.54, 1.807) is 24.3 Å². The van der Waals surface area contributed by atoms with E-state index in [2.05, 4.69) is 4.98 Å². The lowest BCUT2D eigenvalue weighted by molar-refractivity contribution is -0.396. The number of nitrogens with one attached hydrogen (secondary N) is 1. The summed E-state index contributed by atoms with van der Waals surface area (Å²) in [6, 6.07) is 12.6. The number of H-pyrrole nitrogens is 1. The Kier molecular flexibility index (Phi) is 4.86. The lowest BCUT2D eigenvalue weighted by Crippen LogP contribution is -3.00. The van der Waals surface area contributed by atoms with E-state index >= 15 is 0 Å². The van der Waals surface area contributed by atoms with E-state index in [1.807, 2.05) is 32.0 Å². The van der Waals surface area contributed by atoms with E-state index in [1.165, 1.54) is 0 Å². The van der Waals surface area contributed by atoms with Gasteiger partial charge in [-0.3, -0.25) is 0 Å². The molecule has 0 aliphatic carbocycles. The number of pyridine rings is 1. The van der Waals surface area contributed by atoms with E-state index in [0.29, 0.717) is 11.3 Å². The Bertz CT molecular complexity index is 520. The molecule has 1 heterocycles.